The molecule has 0 bridgehead atoms. The van der Waals surface area contributed by atoms with Gasteiger partial charge < -0.3 is 19.6 Å². The van der Waals surface area contributed by atoms with Gasteiger partial charge in [-0.2, -0.15) is 0 Å². The Bertz CT molecular complexity index is 887. The zero-order valence-corrected chi connectivity index (χ0v) is 31.5. The van der Waals surface area contributed by atoms with E-state index in [-0.39, 0.29) is 0 Å². The van der Waals surface area contributed by atoms with Crippen molar-refractivity contribution in [3.63, 3.8) is 0 Å². The summed E-state index contributed by atoms with van der Waals surface area (Å²) in [6, 6.07) is 17.9. The van der Waals surface area contributed by atoms with Gasteiger partial charge in [-0.05, 0) is 75.0 Å². The number of hydrogen-bond acceptors (Lipinski definition) is 4. The number of likely N-dealkylation sites (N-methyl/N-ethyl adjacent to an activating group) is 4. The summed E-state index contributed by atoms with van der Waals surface area (Å²) in [4.78, 5) is 9.38. The molecule has 0 amide bonds. The topological polar surface area (TPSA) is 13.0 Å². The van der Waals surface area contributed by atoms with Gasteiger partial charge in [0.15, 0.2) is 0 Å². The Balaban J connectivity index is 0.000000982. The zero-order chi connectivity index (χ0) is 27.1. The standard InChI is InChI=1S/C26H38N4.4ClH.2Zn/c1-27(2)15-17-29(5)19-25-21-11-7-9-13-23(21)26(20-30(6)18-16-28(3)4)24-14-10-8-12-22(24)25;;;;;;/h7-14H,15-20H2,1-6H3;4*1H;;/q;;;;;2*+2/p-4. The molecule has 0 heterocycles. The van der Waals surface area contributed by atoms with E-state index < -0.39 is 30.3 Å². The van der Waals surface area contributed by atoms with E-state index in [0.717, 1.165) is 39.3 Å². The van der Waals surface area contributed by atoms with Crippen molar-refractivity contribution in [3.05, 3.63) is 59.7 Å². The first-order valence-corrected chi connectivity index (χ1v) is 27.6. The summed E-state index contributed by atoms with van der Waals surface area (Å²) in [5.41, 5.74) is 2.89. The van der Waals surface area contributed by atoms with Crippen LogP contribution in [0.25, 0.3) is 21.5 Å². The fraction of sp³-hybridized carbons (Fsp3) is 0.462. The predicted octanol–water partition coefficient (Wildman–Crippen LogP) is 6.73. The molecule has 0 aromatic heterocycles. The molecule has 0 atom stereocenters. The van der Waals surface area contributed by atoms with Gasteiger partial charge in [0.1, 0.15) is 0 Å². The van der Waals surface area contributed by atoms with E-state index in [9.17, 15) is 0 Å². The Hall–Kier alpha value is 0.427. The van der Waals surface area contributed by atoms with Gasteiger partial charge in [0.2, 0.25) is 0 Å². The van der Waals surface area contributed by atoms with Crippen LogP contribution in [0.2, 0.25) is 0 Å². The van der Waals surface area contributed by atoms with Crippen LogP contribution in [0.3, 0.4) is 0 Å². The van der Waals surface area contributed by atoms with Crippen molar-refractivity contribution in [2.45, 2.75) is 13.1 Å². The number of rotatable bonds is 10. The molecule has 194 valence electrons. The van der Waals surface area contributed by atoms with Crippen LogP contribution in [-0.4, -0.2) is 88.1 Å². The Morgan fingerprint density at radius 1 is 0.500 bits per heavy atom. The SMILES string of the molecule is CN(C)CCN(C)Cc1c2ccccc2c(CN(C)CCN(C)C)c2ccccc12.[Cl][Zn][Cl].[Cl][Zn][Cl]. The number of hydrogen-bond donors (Lipinski definition) is 0. The van der Waals surface area contributed by atoms with Crippen molar-refractivity contribution in [3.8, 4) is 0 Å². The average molecular weight is 679 g/mol. The van der Waals surface area contributed by atoms with Gasteiger partial charge in [0.05, 0.1) is 0 Å². The molecule has 0 aliphatic carbocycles. The summed E-state index contributed by atoms with van der Waals surface area (Å²) in [6.07, 6.45) is 0. The van der Waals surface area contributed by atoms with Crippen LogP contribution >= 0.6 is 38.8 Å². The van der Waals surface area contributed by atoms with E-state index >= 15 is 0 Å². The molecule has 0 saturated heterocycles. The third kappa shape index (κ3) is 12.1. The number of fused-ring (bicyclic) bond motifs is 2. The van der Waals surface area contributed by atoms with Crippen molar-refractivity contribution < 1.29 is 30.3 Å². The van der Waals surface area contributed by atoms with Crippen molar-refractivity contribution >= 4 is 60.3 Å². The van der Waals surface area contributed by atoms with Gasteiger partial charge in [0.25, 0.3) is 0 Å². The molecule has 36 heavy (non-hydrogen) atoms. The molecule has 0 N–H and O–H groups in total. The quantitative estimate of drug-likeness (QED) is 0.174. The van der Waals surface area contributed by atoms with Gasteiger partial charge in [-0.15, -0.1) is 0 Å². The Morgan fingerprint density at radius 3 is 0.972 bits per heavy atom. The third-order valence-corrected chi connectivity index (χ3v) is 5.87. The Kier molecular flexibility index (Phi) is 18.6. The van der Waals surface area contributed by atoms with Crippen LogP contribution in [0.15, 0.2) is 48.5 Å². The molecule has 0 aliphatic heterocycles. The summed E-state index contributed by atoms with van der Waals surface area (Å²) < 4.78 is 0. The summed E-state index contributed by atoms with van der Waals surface area (Å²) in [6.45, 7) is 6.19. The molecule has 0 saturated carbocycles. The fourth-order valence-corrected chi connectivity index (χ4v) is 4.09. The van der Waals surface area contributed by atoms with Crippen molar-refractivity contribution in [1.29, 1.82) is 0 Å². The van der Waals surface area contributed by atoms with E-state index in [1.54, 1.807) is 0 Å². The van der Waals surface area contributed by atoms with E-state index in [4.69, 9.17) is 38.8 Å². The zero-order valence-electron chi connectivity index (χ0n) is 22.6. The molecular formula is C26H38Cl4N4Zn2. The summed E-state index contributed by atoms with van der Waals surface area (Å²) in [5, 5.41) is 5.57. The van der Waals surface area contributed by atoms with Gasteiger partial charge >= 0.3 is 69.1 Å². The molecule has 10 heteroatoms. The second-order valence-electron chi connectivity index (χ2n) is 9.33. The van der Waals surface area contributed by atoms with Crippen LogP contribution in [-0.2, 0) is 43.4 Å². The minimum absolute atomic E-state index is 0.931. The van der Waals surface area contributed by atoms with Gasteiger partial charge in [-0.3, -0.25) is 0 Å². The second kappa shape index (κ2) is 19.5. The molecular weight excluding hydrogens is 641 g/mol. The number of benzene rings is 3. The Morgan fingerprint density at radius 2 is 0.750 bits per heavy atom. The maximum absolute atomic E-state index is 4.95. The van der Waals surface area contributed by atoms with E-state index in [1.165, 1.54) is 32.7 Å². The third-order valence-electron chi connectivity index (χ3n) is 5.87. The molecule has 0 spiro atoms. The molecule has 0 unspecified atom stereocenters. The predicted molar refractivity (Wildman–Crippen MR) is 155 cm³/mol. The van der Waals surface area contributed by atoms with E-state index in [1.807, 2.05) is 0 Å². The minimum atomic E-state index is -0.931. The molecule has 0 radical (unpaired) electrons. The summed E-state index contributed by atoms with van der Waals surface area (Å²) in [7, 11) is 32.8. The first kappa shape index (κ1) is 34.5. The fourth-order valence-electron chi connectivity index (χ4n) is 4.09. The second-order valence-corrected chi connectivity index (χ2v) is 18.6. The van der Waals surface area contributed by atoms with Gasteiger partial charge in [-0.1, -0.05) is 48.5 Å². The van der Waals surface area contributed by atoms with Crippen LogP contribution in [0.5, 0.6) is 0 Å². The monoisotopic (exact) mass is 674 g/mol. The molecule has 3 aromatic rings. The van der Waals surface area contributed by atoms with Crippen LogP contribution in [0, 0.1) is 0 Å². The van der Waals surface area contributed by atoms with Gasteiger partial charge in [0, 0.05) is 39.3 Å². The summed E-state index contributed by atoms with van der Waals surface area (Å²) in [5.74, 6) is 0. The first-order chi connectivity index (χ1) is 17.2. The molecule has 0 aliphatic rings. The first-order valence-electron chi connectivity index (χ1n) is 12.0. The van der Waals surface area contributed by atoms with E-state index in [0.29, 0.717) is 0 Å². The Labute approximate surface area is 249 Å². The van der Waals surface area contributed by atoms with Crippen LogP contribution in [0.1, 0.15) is 11.1 Å². The van der Waals surface area contributed by atoms with Crippen LogP contribution in [0.4, 0.5) is 0 Å². The van der Waals surface area contributed by atoms with Crippen molar-refractivity contribution in [1.82, 2.24) is 19.6 Å². The molecule has 4 nitrogen and oxygen atoms in total. The van der Waals surface area contributed by atoms with Gasteiger partial charge in [-0.25, -0.2) is 0 Å². The molecule has 3 aromatic carbocycles. The van der Waals surface area contributed by atoms with Crippen LogP contribution < -0.4 is 0 Å². The normalized spacial score (nSPS) is 10.8. The van der Waals surface area contributed by atoms with E-state index in [2.05, 4.69) is 110 Å². The summed E-state index contributed by atoms with van der Waals surface area (Å²) >= 11 is -1.86. The number of halogens is 4. The average Bonchev–Trinajstić information content (AvgIpc) is 2.84. The molecule has 0 fully saturated rings. The van der Waals surface area contributed by atoms with Crippen molar-refractivity contribution in [2.24, 2.45) is 0 Å². The maximum atomic E-state index is 4.95. The van der Waals surface area contributed by atoms with Crippen molar-refractivity contribution in [2.75, 3.05) is 68.5 Å². The number of nitrogens with zero attached hydrogens (tertiary/aromatic N) is 4. The molecule has 3 rings (SSSR count).